The van der Waals surface area contributed by atoms with Crippen LogP contribution in [-0.4, -0.2) is 13.1 Å². The molecule has 0 spiro atoms. The number of hydrogen-bond donors (Lipinski definition) is 1. The Hall–Kier alpha value is -0.0400. The van der Waals surface area contributed by atoms with Gasteiger partial charge in [-0.25, -0.2) is 0 Å². The van der Waals surface area contributed by atoms with E-state index in [4.69, 9.17) is 0 Å². The van der Waals surface area contributed by atoms with E-state index in [1.807, 2.05) is 0 Å². The third-order valence-electron chi connectivity index (χ3n) is 3.78. The summed E-state index contributed by atoms with van der Waals surface area (Å²) in [6, 6.07) is 0. The van der Waals surface area contributed by atoms with E-state index in [1.165, 1.54) is 51.6 Å². The SMILES string of the molecule is CCCNCC1CCCC1C1CC1. The van der Waals surface area contributed by atoms with E-state index >= 15 is 0 Å². The van der Waals surface area contributed by atoms with E-state index in [1.54, 1.807) is 0 Å². The molecule has 1 nitrogen and oxygen atoms in total. The molecule has 2 unspecified atom stereocenters. The molecular weight excluding hydrogens is 158 g/mol. The zero-order chi connectivity index (χ0) is 9.10. The Kier molecular flexibility index (Phi) is 3.26. The first-order chi connectivity index (χ1) is 6.42. The molecule has 2 saturated carbocycles. The standard InChI is InChI=1S/C12H23N/c1-2-8-13-9-11-4-3-5-12(11)10-6-7-10/h10-13H,2-9H2,1H3. The van der Waals surface area contributed by atoms with Crippen LogP contribution in [0.4, 0.5) is 0 Å². The Morgan fingerprint density at radius 3 is 2.69 bits per heavy atom. The van der Waals surface area contributed by atoms with Crippen molar-refractivity contribution in [2.45, 2.75) is 45.4 Å². The molecule has 76 valence electrons. The maximum Gasteiger partial charge on any atom is -0.00178 e. The predicted molar refractivity (Wildman–Crippen MR) is 56.7 cm³/mol. The summed E-state index contributed by atoms with van der Waals surface area (Å²) in [5, 5.41) is 3.59. The number of nitrogens with one attached hydrogen (secondary N) is 1. The first kappa shape index (κ1) is 9.51. The topological polar surface area (TPSA) is 12.0 Å². The lowest BCUT2D eigenvalue weighted by Crippen LogP contribution is -2.26. The quantitative estimate of drug-likeness (QED) is 0.643. The van der Waals surface area contributed by atoms with E-state index < -0.39 is 0 Å². The van der Waals surface area contributed by atoms with Crippen LogP contribution < -0.4 is 5.32 Å². The predicted octanol–water partition coefficient (Wildman–Crippen LogP) is 2.81. The van der Waals surface area contributed by atoms with Gasteiger partial charge in [-0.05, 0) is 62.9 Å². The highest BCUT2D eigenvalue weighted by atomic mass is 14.9. The lowest BCUT2D eigenvalue weighted by atomic mass is 9.91. The number of rotatable bonds is 5. The van der Waals surface area contributed by atoms with Crippen LogP contribution in [0.3, 0.4) is 0 Å². The molecule has 2 aliphatic carbocycles. The van der Waals surface area contributed by atoms with Crippen LogP contribution in [0.5, 0.6) is 0 Å². The fraction of sp³-hybridized carbons (Fsp3) is 1.00. The van der Waals surface area contributed by atoms with Gasteiger partial charge in [0, 0.05) is 0 Å². The molecule has 2 aliphatic rings. The zero-order valence-corrected chi connectivity index (χ0v) is 8.89. The van der Waals surface area contributed by atoms with Gasteiger partial charge in [0.2, 0.25) is 0 Å². The molecule has 0 aromatic heterocycles. The van der Waals surface area contributed by atoms with Gasteiger partial charge < -0.3 is 5.32 Å². The highest BCUT2D eigenvalue weighted by molar-refractivity contribution is 4.90. The van der Waals surface area contributed by atoms with Gasteiger partial charge in [-0.15, -0.1) is 0 Å². The van der Waals surface area contributed by atoms with Gasteiger partial charge in [0.05, 0.1) is 0 Å². The molecule has 2 rings (SSSR count). The van der Waals surface area contributed by atoms with E-state index in [-0.39, 0.29) is 0 Å². The molecule has 2 atom stereocenters. The zero-order valence-electron chi connectivity index (χ0n) is 8.89. The normalized spacial score (nSPS) is 33.9. The van der Waals surface area contributed by atoms with Gasteiger partial charge in [0.25, 0.3) is 0 Å². The third kappa shape index (κ3) is 2.46. The fourth-order valence-electron chi connectivity index (χ4n) is 2.93. The molecule has 0 aromatic rings. The van der Waals surface area contributed by atoms with Gasteiger partial charge in [0.1, 0.15) is 0 Å². The Bertz CT molecular complexity index is 151. The van der Waals surface area contributed by atoms with Crippen LogP contribution in [0.15, 0.2) is 0 Å². The lowest BCUT2D eigenvalue weighted by molar-refractivity contribution is 0.331. The van der Waals surface area contributed by atoms with Crippen LogP contribution in [0.1, 0.15) is 45.4 Å². The van der Waals surface area contributed by atoms with E-state index in [0.29, 0.717) is 0 Å². The number of hydrogen-bond acceptors (Lipinski definition) is 1. The van der Waals surface area contributed by atoms with Crippen LogP contribution in [-0.2, 0) is 0 Å². The summed E-state index contributed by atoms with van der Waals surface area (Å²) >= 11 is 0. The second-order valence-electron chi connectivity index (χ2n) is 4.90. The van der Waals surface area contributed by atoms with Crippen LogP contribution in [0.25, 0.3) is 0 Å². The minimum atomic E-state index is 1.03. The van der Waals surface area contributed by atoms with Gasteiger partial charge in [-0.3, -0.25) is 0 Å². The van der Waals surface area contributed by atoms with Crippen molar-refractivity contribution in [3.63, 3.8) is 0 Å². The molecule has 0 amide bonds. The van der Waals surface area contributed by atoms with Crippen molar-refractivity contribution in [3.05, 3.63) is 0 Å². The minimum Gasteiger partial charge on any atom is -0.316 e. The van der Waals surface area contributed by atoms with Gasteiger partial charge >= 0.3 is 0 Å². The first-order valence-electron chi connectivity index (χ1n) is 6.12. The Morgan fingerprint density at radius 1 is 1.15 bits per heavy atom. The molecule has 13 heavy (non-hydrogen) atoms. The van der Waals surface area contributed by atoms with Crippen molar-refractivity contribution in [2.75, 3.05) is 13.1 Å². The van der Waals surface area contributed by atoms with Crippen molar-refractivity contribution in [3.8, 4) is 0 Å². The summed E-state index contributed by atoms with van der Waals surface area (Å²) in [7, 11) is 0. The molecule has 0 saturated heterocycles. The van der Waals surface area contributed by atoms with Crippen LogP contribution >= 0.6 is 0 Å². The average Bonchev–Trinajstić information content (AvgIpc) is 2.88. The summed E-state index contributed by atoms with van der Waals surface area (Å²) in [5.74, 6) is 3.26. The van der Waals surface area contributed by atoms with Gasteiger partial charge in [-0.2, -0.15) is 0 Å². The molecule has 1 N–H and O–H groups in total. The molecule has 0 bridgehead atoms. The maximum atomic E-state index is 3.59. The summed E-state index contributed by atoms with van der Waals surface area (Å²) in [5.41, 5.74) is 0. The summed E-state index contributed by atoms with van der Waals surface area (Å²) < 4.78 is 0. The van der Waals surface area contributed by atoms with Crippen molar-refractivity contribution in [1.29, 1.82) is 0 Å². The van der Waals surface area contributed by atoms with Crippen LogP contribution in [0, 0.1) is 17.8 Å². The molecule has 1 heteroatoms. The van der Waals surface area contributed by atoms with Crippen molar-refractivity contribution in [1.82, 2.24) is 5.32 Å². The molecule has 0 aliphatic heterocycles. The average molecular weight is 181 g/mol. The molecule has 0 radical (unpaired) electrons. The van der Waals surface area contributed by atoms with Crippen molar-refractivity contribution >= 4 is 0 Å². The lowest BCUT2D eigenvalue weighted by Gasteiger charge is -2.19. The Balaban J connectivity index is 1.70. The van der Waals surface area contributed by atoms with Gasteiger partial charge in [0.15, 0.2) is 0 Å². The van der Waals surface area contributed by atoms with Crippen LogP contribution in [0.2, 0.25) is 0 Å². The molecule has 0 aromatic carbocycles. The maximum absolute atomic E-state index is 3.59. The second-order valence-corrected chi connectivity index (χ2v) is 4.90. The highest BCUT2D eigenvalue weighted by Gasteiger charge is 2.38. The monoisotopic (exact) mass is 181 g/mol. The highest BCUT2D eigenvalue weighted by Crippen LogP contribution is 2.47. The largest absolute Gasteiger partial charge is 0.316 e. The summed E-state index contributed by atoms with van der Waals surface area (Å²) in [6.07, 6.45) is 8.88. The second kappa shape index (κ2) is 4.45. The van der Waals surface area contributed by atoms with Crippen molar-refractivity contribution < 1.29 is 0 Å². The Morgan fingerprint density at radius 2 is 2.00 bits per heavy atom. The first-order valence-corrected chi connectivity index (χ1v) is 6.12. The van der Waals surface area contributed by atoms with E-state index in [0.717, 1.165) is 17.8 Å². The van der Waals surface area contributed by atoms with E-state index in [9.17, 15) is 0 Å². The molecular formula is C12H23N. The van der Waals surface area contributed by atoms with Crippen molar-refractivity contribution in [2.24, 2.45) is 17.8 Å². The smallest absolute Gasteiger partial charge is 0.00178 e. The van der Waals surface area contributed by atoms with E-state index in [2.05, 4.69) is 12.2 Å². The molecule has 2 fully saturated rings. The minimum absolute atomic E-state index is 1.03. The summed E-state index contributed by atoms with van der Waals surface area (Å²) in [4.78, 5) is 0. The fourth-order valence-corrected chi connectivity index (χ4v) is 2.93. The summed E-state index contributed by atoms with van der Waals surface area (Å²) in [6.45, 7) is 4.77. The Labute approximate surface area is 82.3 Å². The molecule has 0 heterocycles. The van der Waals surface area contributed by atoms with Gasteiger partial charge in [-0.1, -0.05) is 13.3 Å². The third-order valence-corrected chi connectivity index (χ3v) is 3.78.